The van der Waals surface area contributed by atoms with Crippen molar-refractivity contribution in [1.82, 2.24) is 4.90 Å². The fourth-order valence-corrected chi connectivity index (χ4v) is 6.99. The van der Waals surface area contributed by atoms with Crippen LogP contribution in [-0.4, -0.2) is 38.5 Å². The fraction of sp³-hybridized carbons (Fsp3) is 0.333. The number of hydrogen-bond acceptors (Lipinski definition) is 2. The monoisotopic (exact) mass is 399 g/mol. The maximum absolute atomic E-state index is 13.2. The zero-order valence-corrected chi connectivity index (χ0v) is 15.8. The molecule has 0 aromatic heterocycles. The van der Waals surface area contributed by atoms with Gasteiger partial charge in [0.05, 0.1) is 0 Å². The van der Waals surface area contributed by atoms with Gasteiger partial charge in [-0.3, -0.25) is 0 Å². The molecule has 2 aromatic rings. The summed E-state index contributed by atoms with van der Waals surface area (Å²) in [5.74, 6) is 0. The van der Waals surface area contributed by atoms with Crippen LogP contribution in [0.4, 0.5) is 0 Å². The van der Waals surface area contributed by atoms with Gasteiger partial charge in [-0.1, -0.05) is 0 Å². The van der Waals surface area contributed by atoms with Gasteiger partial charge in [0.25, 0.3) is 0 Å². The van der Waals surface area contributed by atoms with Crippen molar-refractivity contribution in [3.05, 3.63) is 58.7 Å². The molecule has 2 nitrogen and oxygen atoms in total. The molecular formula is C18H23NOTe. The Morgan fingerprint density at radius 3 is 2.14 bits per heavy atom. The van der Waals surface area contributed by atoms with Crippen LogP contribution < -0.4 is 7.22 Å². The van der Waals surface area contributed by atoms with Crippen LogP contribution in [0, 0.1) is 20.8 Å². The summed E-state index contributed by atoms with van der Waals surface area (Å²) in [6.07, 6.45) is 0. The molecule has 0 aliphatic rings. The summed E-state index contributed by atoms with van der Waals surface area (Å²) in [6.45, 7) is 7.08. The molecule has 0 atom stereocenters. The van der Waals surface area contributed by atoms with E-state index in [2.05, 4.69) is 43.9 Å². The van der Waals surface area contributed by atoms with Crippen LogP contribution in [0.2, 0.25) is 0 Å². The molecule has 0 bridgehead atoms. The van der Waals surface area contributed by atoms with Gasteiger partial charge in [0.1, 0.15) is 0 Å². The standard InChI is InChI=1S/C18H23NOTe/c1-13-10-14(2)18(15(3)11-13)21(20)17-9-7-6-8-16(17)12-19(4)5/h6-11H,12H2,1-5H3. The minimum atomic E-state index is -2.75. The van der Waals surface area contributed by atoms with Crippen molar-refractivity contribution in [2.45, 2.75) is 27.3 Å². The molecule has 0 unspecified atom stereocenters. The van der Waals surface area contributed by atoms with Crippen LogP contribution in [-0.2, 0) is 9.65 Å². The Morgan fingerprint density at radius 2 is 1.57 bits per heavy atom. The zero-order valence-electron chi connectivity index (χ0n) is 13.4. The first kappa shape index (κ1) is 16.4. The second-order valence-electron chi connectivity index (χ2n) is 5.84. The molecule has 0 heterocycles. The Hall–Kier alpha value is -1.01. The van der Waals surface area contributed by atoms with E-state index in [9.17, 15) is 3.10 Å². The quantitative estimate of drug-likeness (QED) is 0.738. The Labute approximate surface area is 134 Å². The molecule has 0 amide bonds. The van der Waals surface area contributed by atoms with Crippen molar-refractivity contribution in [3.8, 4) is 0 Å². The van der Waals surface area contributed by atoms with E-state index in [1.54, 1.807) is 0 Å². The minimum absolute atomic E-state index is 0.833. The van der Waals surface area contributed by atoms with Gasteiger partial charge in [-0.15, -0.1) is 0 Å². The topological polar surface area (TPSA) is 20.3 Å². The van der Waals surface area contributed by atoms with Gasteiger partial charge >= 0.3 is 135 Å². The molecule has 21 heavy (non-hydrogen) atoms. The number of nitrogens with zero attached hydrogens (tertiary/aromatic N) is 1. The van der Waals surface area contributed by atoms with Crippen LogP contribution in [0.3, 0.4) is 0 Å². The van der Waals surface area contributed by atoms with E-state index in [1.165, 1.54) is 22.3 Å². The van der Waals surface area contributed by atoms with Gasteiger partial charge in [0.2, 0.25) is 0 Å². The molecule has 0 saturated heterocycles. The Morgan fingerprint density at radius 1 is 1.00 bits per heavy atom. The molecule has 0 radical (unpaired) electrons. The van der Waals surface area contributed by atoms with Gasteiger partial charge in [-0.05, 0) is 0 Å². The van der Waals surface area contributed by atoms with Crippen LogP contribution in [0.15, 0.2) is 36.4 Å². The van der Waals surface area contributed by atoms with Crippen molar-refractivity contribution in [2.24, 2.45) is 0 Å². The average molecular weight is 397 g/mol. The second kappa shape index (κ2) is 6.83. The fourth-order valence-electron chi connectivity index (χ4n) is 2.73. The van der Waals surface area contributed by atoms with Gasteiger partial charge in [-0.2, -0.15) is 0 Å². The van der Waals surface area contributed by atoms with Crippen LogP contribution in [0.5, 0.6) is 0 Å². The first-order chi connectivity index (χ1) is 9.90. The summed E-state index contributed by atoms with van der Waals surface area (Å²) in [4.78, 5) is 2.12. The van der Waals surface area contributed by atoms with E-state index in [4.69, 9.17) is 0 Å². The number of hydrogen-bond donors (Lipinski definition) is 0. The molecule has 0 saturated carbocycles. The molecule has 3 heteroatoms. The van der Waals surface area contributed by atoms with E-state index in [0.29, 0.717) is 0 Å². The first-order valence-corrected chi connectivity index (χ1v) is 10.4. The molecule has 0 spiro atoms. The van der Waals surface area contributed by atoms with Crippen molar-refractivity contribution in [2.75, 3.05) is 14.1 Å². The predicted octanol–water partition coefficient (Wildman–Crippen LogP) is 2.21. The Kier molecular flexibility index (Phi) is 5.32. The third kappa shape index (κ3) is 3.80. The third-order valence-corrected chi connectivity index (χ3v) is 8.62. The van der Waals surface area contributed by atoms with E-state index >= 15 is 0 Å². The second-order valence-corrected chi connectivity index (χ2v) is 9.80. The Bertz CT molecular complexity index is 654. The first-order valence-electron chi connectivity index (χ1n) is 7.12. The summed E-state index contributed by atoms with van der Waals surface area (Å²) in [5, 5.41) is 0. The molecule has 2 aromatic carbocycles. The maximum atomic E-state index is 13.2. The summed E-state index contributed by atoms with van der Waals surface area (Å²) >= 11 is -2.75. The SMILES string of the molecule is Cc1cc(C)c([Te](=O)c2ccccc2CN(C)C)c(C)c1. The van der Waals surface area contributed by atoms with Crippen LogP contribution in [0.1, 0.15) is 22.3 Å². The van der Waals surface area contributed by atoms with Gasteiger partial charge in [0, 0.05) is 0 Å². The number of rotatable bonds is 4. The molecule has 0 aliphatic heterocycles. The van der Waals surface area contributed by atoms with E-state index in [1.807, 2.05) is 32.3 Å². The molecule has 0 fully saturated rings. The van der Waals surface area contributed by atoms with Crippen LogP contribution in [0.25, 0.3) is 0 Å². The summed E-state index contributed by atoms with van der Waals surface area (Å²) in [6, 6.07) is 12.5. The van der Waals surface area contributed by atoms with Crippen molar-refractivity contribution in [1.29, 1.82) is 0 Å². The van der Waals surface area contributed by atoms with Crippen molar-refractivity contribution >= 4 is 26.8 Å². The van der Waals surface area contributed by atoms with Gasteiger partial charge in [0.15, 0.2) is 0 Å². The van der Waals surface area contributed by atoms with Gasteiger partial charge in [-0.25, -0.2) is 0 Å². The predicted molar refractivity (Wildman–Crippen MR) is 90.2 cm³/mol. The summed E-state index contributed by atoms with van der Waals surface area (Å²) < 4.78 is 15.4. The molecular weight excluding hydrogens is 374 g/mol. The molecule has 0 aliphatic carbocycles. The van der Waals surface area contributed by atoms with Crippen molar-refractivity contribution in [3.63, 3.8) is 0 Å². The normalized spacial score (nSPS) is 11.4. The number of benzene rings is 2. The van der Waals surface area contributed by atoms with Gasteiger partial charge < -0.3 is 0 Å². The average Bonchev–Trinajstić information content (AvgIpc) is 2.37. The van der Waals surface area contributed by atoms with Crippen molar-refractivity contribution < 1.29 is 3.10 Å². The van der Waals surface area contributed by atoms with E-state index in [0.717, 1.165) is 13.8 Å². The Balaban J connectivity index is 2.51. The summed E-state index contributed by atoms with van der Waals surface area (Å²) in [5.41, 5.74) is 4.76. The summed E-state index contributed by atoms with van der Waals surface area (Å²) in [7, 11) is 4.09. The van der Waals surface area contributed by atoms with Crippen LogP contribution >= 0.6 is 0 Å². The number of aryl methyl sites for hydroxylation is 3. The zero-order chi connectivity index (χ0) is 15.6. The third-order valence-electron chi connectivity index (χ3n) is 3.45. The molecule has 112 valence electrons. The molecule has 2 rings (SSSR count). The van der Waals surface area contributed by atoms with E-state index in [-0.39, 0.29) is 0 Å². The molecule has 0 N–H and O–H groups in total. The van der Waals surface area contributed by atoms with E-state index < -0.39 is 19.5 Å².